The van der Waals surface area contributed by atoms with Gasteiger partial charge in [0.05, 0.1) is 0 Å². The van der Waals surface area contributed by atoms with Crippen LogP contribution in [0.1, 0.15) is 22.3 Å². The Hall–Kier alpha value is -1.68. The predicted molar refractivity (Wildman–Crippen MR) is 69.9 cm³/mol. The molecule has 0 atom stereocenters. The Labute approximate surface area is 106 Å². The standard InChI is InChI=1S/C14H17FN2O/c1-17(2)14(18)11-3-4-12(13(15)9-11)10-5-7-16-8-6-10/h3-5,9,16H,6-8H2,1-2H3. The van der Waals surface area contributed by atoms with Gasteiger partial charge in [-0.2, -0.15) is 0 Å². The topological polar surface area (TPSA) is 32.3 Å². The molecule has 1 aromatic rings. The fourth-order valence-corrected chi connectivity index (χ4v) is 2.03. The Morgan fingerprint density at radius 2 is 2.17 bits per heavy atom. The molecule has 1 N–H and O–H groups in total. The van der Waals surface area contributed by atoms with Crippen molar-refractivity contribution in [3.05, 3.63) is 41.2 Å². The Kier molecular flexibility index (Phi) is 3.77. The minimum Gasteiger partial charge on any atom is -0.345 e. The third-order valence-electron chi connectivity index (χ3n) is 3.03. The molecular formula is C14H17FN2O. The number of nitrogens with one attached hydrogen (secondary N) is 1. The fraction of sp³-hybridized carbons (Fsp3) is 0.357. The summed E-state index contributed by atoms with van der Waals surface area (Å²) in [5.74, 6) is -0.504. The number of benzene rings is 1. The minimum atomic E-state index is -0.323. The van der Waals surface area contributed by atoms with E-state index >= 15 is 0 Å². The zero-order valence-electron chi connectivity index (χ0n) is 10.7. The highest BCUT2D eigenvalue weighted by Gasteiger charge is 2.14. The molecule has 0 spiro atoms. The van der Waals surface area contributed by atoms with E-state index in [1.165, 1.54) is 11.0 Å². The van der Waals surface area contributed by atoms with Crippen molar-refractivity contribution in [3.8, 4) is 0 Å². The van der Waals surface area contributed by atoms with Crippen LogP contribution in [-0.4, -0.2) is 38.0 Å². The van der Waals surface area contributed by atoms with Crippen LogP contribution in [0.4, 0.5) is 4.39 Å². The predicted octanol–water partition coefficient (Wildman–Crippen LogP) is 1.90. The average Bonchev–Trinajstić information content (AvgIpc) is 2.38. The number of amides is 1. The normalized spacial score (nSPS) is 15.2. The highest BCUT2D eigenvalue weighted by Crippen LogP contribution is 2.23. The molecule has 1 heterocycles. The van der Waals surface area contributed by atoms with E-state index in [1.807, 2.05) is 6.08 Å². The maximum atomic E-state index is 14.0. The molecule has 0 unspecified atom stereocenters. The van der Waals surface area contributed by atoms with Gasteiger partial charge in [-0.15, -0.1) is 0 Å². The third kappa shape index (κ3) is 2.59. The van der Waals surface area contributed by atoms with E-state index in [0.717, 1.165) is 25.1 Å². The van der Waals surface area contributed by atoms with Gasteiger partial charge in [-0.1, -0.05) is 12.1 Å². The molecular weight excluding hydrogens is 231 g/mol. The van der Waals surface area contributed by atoms with Crippen molar-refractivity contribution in [2.45, 2.75) is 6.42 Å². The van der Waals surface area contributed by atoms with Crippen molar-refractivity contribution < 1.29 is 9.18 Å². The summed E-state index contributed by atoms with van der Waals surface area (Å²) in [5.41, 5.74) is 2.00. The summed E-state index contributed by atoms with van der Waals surface area (Å²) >= 11 is 0. The van der Waals surface area contributed by atoms with Crippen LogP contribution >= 0.6 is 0 Å². The van der Waals surface area contributed by atoms with Crippen molar-refractivity contribution in [2.24, 2.45) is 0 Å². The molecule has 0 radical (unpaired) electrons. The molecule has 96 valence electrons. The number of hydrogen-bond donors (Lipinski definition) is 1. The van der Waals surface area contributed by atoms with E-state index in [0.29, 0.717) is 11.1 Å². The lowest BCUT2D eigenvalue weighted by Gasteiger charge is -2.16. The minimum absolute atomic E-state index is 0.181. The van der Waals surface area contributed by atoms with E-state index in [2.05, 4.69) is 5.32 Å². The maximum Gasteiger partial charge on any atom is 0.253 e. The molecule has 1 aliphatic heterocycles. The monoisotopic (exact) mass is 248 g/mol. The molecule has 1 amide bonds. The second-order valence-corrected chi connectivity index (χ2v) is 4.58. The van der Waals surface area contributed by atoms with Gasteiger partial charge in [0.15, 0.2) is 0 Å². The number of nitrogens with zero attached hydrogens (tertiary/aromatic N) is 1. The quantitative estimate of drug-likeness (QED) is 0.867. The maximum absolute atomic E-state index is 14.0. The first-order valence-electron chi connectivity index (χ1n) is 6.01. The summed E-state index contributed by atoms with van der Waals surface area (Å²) in [6, 6.07) is 4.70. The smallest absolute Gasteiger partial charge is 0.253 e. The van der Waals surface area contributed by atoms with Gasteiger partial charge in [-0.3, -0.25) is 4.79 Å². The van der Waals surface area contributed by atoms with Gasteiger partial charge in [-0.25, -0.2) is 4.39 Å². The summed E-state index contributed by atoms with van der Waals surface area (Å²) in [6.45, 7) is 1.64. The van der Waals surface area contributed by atoms with E-state index in [-0.39, 0.29) is 11.7 Å². The van der Waals surface area contributed by atoms with Crippen molar-refractivity contribution in [3.63, 3.8) is 0 Å². The number of rotatable bonds is 2. The Morgan fingerprint density at radius 3 is 2.72 bits per heavy atom. The lowest BCUT2D eigenvalue weighted by atomic mass is 9.98. The van der Waals surface area contributed by atoms with Crippen molar-refractivity contribution in [1.82, 2.24) is 10.2 Å². The molecule has 1 aliphatic rings. The SMILES string of the molecule is CN(C)C(=O)c1ccc(C2=CCNCC2)c(F)c1. The molecule has 0 aromatic heterocycles. The summed E-state index contributed by atoms with van der Waals surface area (Å²) in [7, 11) is 3.31. The van der Waals surface area contributed by atoms with Crippen LogP contribution in [0, 0.1) is 5.82 Å². The second-order valence-electron chi connectivity index (χ2n) is 4.58. The average molecular weight is 248 g/mol. The van der Waals surface area contributed by atoms with Crippen LogP contribution in [-0.2, 0) is 0 Å². The summed E-state index contributed by atoms with van der Waals surface area (Å²) in [5, 5.41) is 3.19. The molecule has 0 saturated heterocycles. The summed E-state index contributed by atoms with van der Waals surface area (Å²) in [4.78, 5) is 13.2. The molecule has 0 saturated carbocycles. The zero-order chi connectivity index (χ0) is 13.1. The molecule has 1 aromatic carbocycles. The van der Waals surface area contributed by atoms with Crippen molar-refractivity contribution in [2.75, 3.05) is 27.2 Å². The second kappa shape index (κ2) is 5.31. The summed E-state index contributed by atoms with van der Waals surface area (Å²) in [6.07, 6.45) is 2.81. The molecule has 4 heteroatoms. The fourth-order valence-electron chi connectivity index (χ4n) is 2.03. The van der Waals surface area contributed by atoms with Crippen LogP contribution in [0.25, 0.3) is 5.57 Å². The first-order chi connectivity index (χ1) is 8.59. The van der Waals surface area contributed by atoms with Gasteiger partial charge in [0.25, 0.3) is 5.91 Å². The molecule has 0 bridgehead atoms. The highest BCUT2D eigenvalue weighted by atomic mass is 19.1. The van der Waals surface area contributed by atoms with Gasteiger partial charge < -0.3 is 10.2 Å². The van der Waals surface area contributed by atoms with Gasteiger partial charge in [0.1, 0.15) is 5.82 Å². The number of hydrogen-bond acceptors (Lipinski definition) is 2. The number of carbonyl (C=O) groups excluding carboxylic acids is 1. The van der Waals surface area contributed by atoms with E-state index in [1.54, 1.807) is 26.2 Å². The van der Waals surface area contributed by atoms with Crippen molar-refractivity contribution >= 4 is 11.5 Å². The summed E-state index contributed by atoms with van der Waals surface area (Å²) < 4.78 is 14.0. The van der Waals surface area contributed by atoms with Crippen LogP contribution in [0.2, 0.25) is 0 Å². The Balaban J connectivity index is 2.30. The van der Waals surface area contributed by atoms with Gasteiger partial charge in [-0.05, 0) is 30.7 Å². The lowest BCUT2D eigenvalue weighted by molar-refractivity contribution is 0.0827. The molecule has 0 aliphatic carbocycles. The van der Waals surface area contributed by atoms with Crippen LogP contribution in [0.15, 0.2) is 24.3 Å². The van der Waals surface area contributed by atoms with Gasteiger partial charge >= 0.3 is 0 Å². The van der Waals surface area contributed by atoms with Gasteiger partial charge in [0.2, 0.25) is 0 Å². The third-order valence-corrected chi connectivity index (χ3v) is 3.03. The molecule has 3 nitrogen and oxygen atoms in total. The number of halogens is 1. The Bertz CT molecular complexity index is 495. The first-order valence-corrected chi connectivity index (χ1v) is 6.01. The largest absolute Gasteiger partial charge is 0.345 e. The molecule has 2 rings (SSSR count). The Morgan fingerprint density at radius 1 is 1.39 bits per heavy atom. The van der Waals surface area contributed by atoms with Crippen molar-refractivity contribution in [1.29, 1.82) is 0 Å². The van der Waals surface area contributed by atoms with E-state index in [9.17, 15) is 9.18 Å². The number of carbonyl (C=O) groups is 1. The lowest BCUT2D eigenvalue weighted by Crippen LogP contribution is -2.22. The highest BCUT2D eigenvalue weighted by molar-refractivity contribution is 5.94. The molecule has 18 heavy (non-hydrogen) atoms. The van der Waals surface area contributed by atoms with Gasteiger partial charge in [0, 0.05) is 31.8 Å². The van der Waals surface area contributed by atoms with E-state index in [4.69, 9.17) is 0 Å². The zero-order valence-corrected chi connectivity index (χ0v) is 10.7. The van der Waals surface area contributed by atoms with Crippen LogP contribution in [0.5, 0.6) is 0 Å². The van der Waals surface area contributed by atoms with E-state index < -0.39 is 0 Å². The van der Waals surface area contributed by atoms with Crippen LogP contribution < -0.4 is 5.32 Å². The first kappa shape index (κ1) is 12.8. The van der Waals surface area contributed by atoms with Crippen LogP contribution in [0.3, 0.4) is 0 Å². The molecule has 0 fully saturated rings.